The van der Waals surface area contributed by atoms with Gasteiger partial charge in [-0.3, -0.25) is 9.59 Å². The average molecular weight is 374 g/mol. The summed E-state index contributed by atoms with van der Waals surface area (Å²) in [5.41, 5.74) is 0. The van der Waals surface area contributed by atoms with Crippen molar-refractivity contribution in [2.45, 2.75) is 65.1 Å². The minimum atomic E-state index is -0.321. The molecule has 0 aromatic carbocycles. The van der Waals surface area contributed by atoms with Crippen molar-refractivity contribution in [2.75, 3.05) is 33.0 Å². The van der Waals surface area contributed by atoms with Gasteiger partial charge in [-0.25, -0.2) is 0 Å². The van der Waals surface area contributed by atoms with Gasteiger partial charge in [-0.2, -0.15) is 0 Å². The van der Waals surface area contributed by atoms with Gasteiger partial charge in [0.2, 0.25) is 0 Å². The number of aliphatic hydroxyl groups excluding tert-OH is 1. The fraction of sp³-hybridized carbons (Fsp3) is 0.895. The summed E-state index contributed by atoms with van der Waals surface area (Å²) in [5, 5.41) is 9.85. The van der Waals surface area contributed by atoms with Crippen molar-refractivity contribution in [2.24, 2.45) is 11.8 Å². The molecular weight excluding hydrogens is 340 g/mol. The molecular formula is C19H34O7. The first-order valence-electron chi connectivity index (χ1n) is 9.66. The third-order valence-corrected chi connectivity index (χ3v) is 4.74. The summed E-state index contributed by atoms with van der Waals surface area (Å²) in [6.45, 7) is 7.09. The van der Waals surface area contributed by atoms with Crippen LogP contribution < -0.4 is 0 Å². The summed E-state index contributed by atoms with van der Waals surface area (Å²) < 4.78 is 21.6. The van der Waals surface area contributed by atoms with E-state index in [-0.39, 0.29) is 42.6 Å². The molecule has 1 aliphatic carbocycles. The first-order valence-corrected chi connectivity index (χ1v) is 9.66. The number of rotatable bonds is 13. The molecule has 0 heterocycles. The molecule has 0 aromatic heterocycles. The third-order valence-electron chi connectivity index (χ3n) is 4.74. The minimum absolute atomic E-state index is 0.0143. The standard InChI is InChI=1S/C19H34O7/c1-4-23-10-11-25-17-12-18(26-14(3)21)15(16(17)13-20)8-6-7-9-19(22)24-5-2/h15-18,20H,4-13H2,1-3H3/t15-,16-,17-,18+/m1/s1. The zero-order valence-corrected chi connectivity index (χ0v) is 16.3. The largest absolute Gasteiger partial charge is 0.466 e. The number of hydrogen-bond acceptors (Lipinski definition) is 7. The SMILES string of the molecule is CCOCCO[C@@H]1C[C@H](OC(C)=O)[C@H](CCCCC(=O)OCC)[C@H]1CO. The van der Waals surface area contributed by atoms with Gasteiger partial charge in [0, 0.05) is 44.8 Å². The van der Waals surface area contributed by atoms with E-state index >= 15 is 0 Å². The van der Waals surface area contributed by atoms with E-state index in [0.29, 0.717) is 39.3 Å². The van der Waals surface area contributed by atoms with Crippen LogP contribution in [0.1, 0.15) is 52.9 Å². The molecule has 7 nitrogen and oxygen atoms in total. The van der Waals surface area contributed by atoms with Crippen LogP contribution in [0.4, 0.5) is 0 Å². The van der Waals surface area contributed by atoms with Crippen molar-refractivity contribution < 1.29 is 33.6 Å². The maximum absolute atomic E-state index is 11.4. The molecule has 1 fully saturated rings. The summed E-state index contributed by atoms with van der Waals surface area (Å²) in [6, 6.07) is 0. The molecule has 1 rings (SSSR count). The van der Waals surface area contributed by atoms with Crippen LogP contribution in [0.5, 0.6) is 0 Å². The Morgan fingerprint density at radius 2 is 1.81 bits per heavy atom. The summed E-state index contributed by atoms with van der Waals surface area (Å²) in [5.74, 6) is -0.559. The van der Waals surface area contributed by atoms with E-state index in [1.807, 2.05) is 6.92 Å². The Labute approximate surface area is 156 Å². The fourth-order valence-corrected chi connectivity index (χ4v) is 3.61. The van der Waals surface area contributed by atoms with Gasteiger partial charge in [0.05, 0.1) is 25.9 Å². The highest BCUT2D eigenvalue weighted by Gasteiger charge is 2.44. The molecule has 0 bridgehead atoms. The average Bonchev–Trinajstić information content (AvgIpc) is 2.91. The van der Waals surface area contributed by atoms with E-state index in [1.165, 1.54) is 6.92 Å². The maximum Gasteiger partial charge on any atom is 0.305 e. The van der Waals surface area contributed by atoms with E-state index in [1.54, 1.807) is 6.92 Å². The first-order chi connectivity index (χ1) is 12.5. The summed E-state index contributed by atoms with van der Waals surface area (Å²) >= 11 is 0. The van der Waals surface area contributed by atoms with Crippen LogP contribution in [-0.4, -0.2) is 62.3 Å². The lowest BCUT2D eigenvalue weighted by Crippen LogP contribution is -2.29. The van der Waals surface area contributed by atoms with Gasteiger partial charge < -0.3 is 24.1 Å². The highest BCUT2D eigenvalue weighted by molar-refractivity contribution is 5.69. The lowest BCUT2D eigenvalue weighted by Gasteiger charge is -2.25. The van der Waals surface area contributed by atoms with Gasteiger partial charge in [-0.1, -0.05) is 6.42 Å². The van der Waals surface area contributed by atoms with E-state index in [4.69, 9.17) is 18.9 Å². The van der Waals surface area contributed by atoms with Crippen LogP contribution in [0.2, 0.25) is 0 Å². The predicted molar refractivity (Wildman–Crippen MR) is 95.6 cm³/mol. The highest BCUT2D eigenvalue weighted by atomic mass is 16.6. The van der Waals surface area contributed by atoms with Gasteiger partial charge in [0.25, 0.3) is 0 Å². The van der Waals surface area contributed by atoms with E-state index < -0.39 is 0 Å². The molecule has 152 valence electrons. The normalized spacial score (nSPS) is 25.2. The van der Waals surface area contributed by atoms with Crippen LogP contribution in [0.15, 0.2) is 0 Å². The zero-order chi connectivity index (χ0) is 19.4. The number of carbonyl (C=O) groups excluding carboxylic acids is 2. The predicted octanol–water partition coefficient (Wildman–Crippen LogP) is 2.09. The van der Waals surface area contributed by atoms with Crippen molar-refractivity contribution >= 4 is 11.9 Å². The Morgan fingerprint density at radius 3 is 2.42 bits per heavy atom. The maximum atomic E-state index is 11.4. The van der Waals surface area contributed by atoms with Crippen LogP contribution in [0, 0.1) is 11.8 Å². The molecule has 1 aliphatic rings. The number of hydrogen-bond donors (Lipinski definition) is 1. The Bertz CT molecular complexity index is 413. The second-order valence-electron chi connectivity index (χ2n) is 6.55. The van der Waals surface area contributed by atoms with Crippen LogP contribution >= 0.6 is 0 Å². The number of esters is 2. The van der Waals surface area contributed by atoms with Gasteiger partial charge in [0.15, 0.2) is 0 Å². The third kappa shape index (κ3) is 8.01. The van der Waals surface area contributed by atoms with Crippen molar-refractivity contribution in [1.29, 1.82) is 0 Å². The monoisotopic (exact) mass is 374 g/mol. The lowest BCUT2D eigenvalue weighted by atomic mass is 9.89. The van der Waals surface area contributed by atoms with Crippen molar-refractivity contribution in [3.05, 3.63) is 0 Å². The summed E-state index contributed by atoms with van der Waals surface area (Å²) in [6.07, 6.45) is 2.85. The van der Waals surface area contributed by atoms with Crippen LogP contribution in [-0.2, 0) is 28.5 Å². The molecule has 1 N–H and O–H groups in total. The van der Waals surface area contributed by atoms with Gasteiger partial charge >= 0.3 is 11.9 Å². The number of aliphatic hydroxyl groups is 1. The lowest BCUT2D eigenvalue weighted by molar-refractivity contribution is -0.148. The Morgan fingerprint density at radius 1 is 1.04 bits per heavy atom. The molecule has 7 heteroatoms. The second kappa shape index (κ2) is 13.1. The Kier molecular flexibility index (Phi) is 11.5. The highest BCUT2D eigenvalue weighted by Crippen LogP contribution is 2.39. The first kappa shape index (κ1) is 22.9. The summed E-state index contributed by atoms with van der Waals surface area (Å²) in [7, 11) is 0. The molecule has 4 atom stereocenters. The molecule has 0 amide bonds. The topological polar surface area (TPSA) is 91.3 Å². The number of carbonyl (C=O) groups is 2. The molecule has 0 unspecified atom stereocenters. The zero-order valence-electron chi connectivity index (χ0n) is 16.3. The van der Waals surface area contributed by atoms with Gasteiger partial charge in [-0.05, 0) is 26.7 Å². The number of ether oxygens (including phenoxy) is 4. The van der Waals surface area contributed by atoms with Crippen molar-refractivity contribution in [1.82, 2.24) is 0 Å². The van der Waals surface area contributed by atoms with Gasteiger partial charge in [-0.15, -0.1) is 0 Å². The van der Waals surface area contributed by atoms with Crippen molar-refractivity contribution in [3.63, 3.8) is 0 Å². The van der Waals surface area contributed by atoms with Crippen LogP contribution in [0.25, 0.3) is 0 Å². The second-order valence-corrected chi connectivity index (χ2v) is 6.55. The van der Waals surface area contributed by atoms with Crippen molar-refractivity contribution in [3.8, 4) is 0 Å². The van der Waals surface area contributed by atoms with E-state index in [2.05, 4.69) is 0 Å². The molecule has 0 spiro atoms. The fourth-order valence-electron chi connectivity index (χ4n) is 3.61. The summed E-state index contributed by atoms with van der Waals surface area (Å²) in [4.78, 5) is 22.9. The minimum Gasteiger partial charge on any atom is -0.466 e. The molecule has 0 aliphatic heterocycles. The molecule has 0 saturated heterocycles. The molecule has 0 aromatic rings. The van der Waals surface area contributed by atoms with E-state index in [9.17, 15) is 14.7 Å². The smallest absolute Gasteiger partial charge is 0.305 e. The van der Waals surface area contributed by atoms with E-state index in [0.717, 1.165) is 19.3 Å². The Hall–Kier alpha value is -1.18. The molecule has 0 radical (unpaired) electrons. The van der Waals surface area contributed by atoms with Crippen LogP contribution in [0.3, 0.4) is 0 Å². The Balaban J connectivity index is 2.55. The molecule has 26 heavy (non-hydrogen) atoms. The molecule has 1 saturated carbocycles. The van der Waals surface area contributed by atoms with Gasteiger partial charge in [0.1, 0.15) is 6.10 Å². The number of unbranched alkanes of at least 4 members (excludes halogenated alkanes) is 1. The quantitative estimate of drug-likeness (QED) is 0.390.